The van der Waals surface area contributed by atoms with E-state index >= 15 is 0 Å². The molecule has 4 rings (SSSR count). The van der Waals surface area contributed by atoms with Crippen molar-refractivity contribution < 1.29 is 32.0 Å². The number of carbonyl (C=O) groups excluding carboxylic acids is 3. The van der Waals surface area contributed by atoms with Gasteiger partial charge in [-0.3, -0.25) is 19.4 Å². The third-order valence-electron chi connectivity index (χ3n) is 7.20. The molecule has 1 aromatic carbocycles. The molecule has 10 nitrogen and oxygen atoms in total. The highest BCUT2D eigenvalue weighted by Gasteiger charge is 2.34. The Morgan fingerprint density at radius 3 is 2.60 bits per heavy atom. The summed E-state index contributed by atoms with van der Waals surface area (Å²) in [4.78, 5) is 49.2. The molecular formula is C31H35F3N6O4S. The Labute approximate surface area is 262 Å². The Hall–Kier alpha value is -4.46. The number of benzene rings is 1. The summed E-state index contributed by atoms with van der Waals surface area (Å²) >= 11 is 0.870. The molecule has 1 atom stereocenters. The number of unbranched alkanes of at least 4 members (excludes halogenated alkanes) is 1. The molecule has 0 aliphatic rings. The molecule has 2 N–H and O–H groups in total. The summed E-state index contributed by atoms with van der Waals surface area (Å²) in [5.41, 5.74) is 1.58. The maximum Gasteiger partial charge on any atom is 0.434 e. The fourth-order valence-corrected chi connectivity index (χ4v) is 5.59. The van der Waals surface area contributed by atoms with E-state index in [0.717, 1.165) is 29.6 Å². The molecule has 14 heteroatoms. The smallest absolute Gasteiger partial charge is 0.434 e. The first kappa shape index (κ1) is 33.4. The minimum atomic E-state index is -4.56. The number of hydrogen-bond donors (Lipinski definition) is 2. The van der Waals surface area contributed by atoms with E-state index in [1.807, 2.05) is 13.8 Å². The van der Waals surface area contributed by atoms with Gasteiger partial charge in [-0.25, -0.2) is 4.98 Å². The number of alkyl halides is 3. The standard InChI is InChI=1S/C31H35F3N6O4S/c1-5-7-9-21-20-12-11-19(29-38-25(17-45-29)31(32,33)34)14-24(20)44-28(21)30(43)40(16-27(42)39(3)4)26(6-2)37-22-10-8-13-36-23(22)15-35-18-41/h8,10-14,17-18,26,37H,5-7,9,15-16H2,1-4H3,(H,35,41). The summed E-state index contributed by atoms with van der Waals surface area (Å²) in [6.07, 6.45) is -0.550. The van der Waals surface area contributed by atoms with Crippen molar-refractivity contribution in [1.82, 2.24) is 25.1 Å². The molecule has 3 heterocycles. The number of thiazole rings is 1. The number of furan rings is 1. The van der Waals surface area contributed by atoms with Crippen molar-refractivity contribution in [2.45, 2.75) is 58.4 Å². The van der Waals surface area contributed by atoms with Gasteiger partial charge in [0.15, 0.2) is 11.5 Å². The topological polar surface area (TPSA) is 121 Å². The minimum Gasteiger partial charge on any atom is -0.451 e. The Morgan fingerprint density at radius 2 is 1.96 bits per heavy atom. The monoisotopic (exact) mass is 644 g/mol. The van der Waals surface area contributed by atoms with Crippen molar-refractivity contribution in [2.75, 3.05) is 26.0 Å². The first-order valence-electron chi connectivity index (χ1n) is 14.5. The van der Waals surface area contributed by atoms with Gasteiger partial charge in [0.05, 0.1) is 17.9 Å². The molecule has 240 valence electrons. The molecule has 0 aliphatic carbocycles. The number of pyridine rings is 1. The lowest BCUT2D eigenvalue weighted by Crippen LogP contribution is -2.49. The predicted molar refractivity (Wildman–Crippen MR) is 166 cm³/mol. The van der Waals surface area contributed by atoms with Crippen LogP contribution in [0, 0.1) is 0 Å². The van der Waals surface area contributed by atoms with Crippen LogP contribution in [0.3, 0.4) is 0 Å². The van der Waals surface area contributed by atoms with Crippen molar-refractivity contribution >= 4 is 46.2 Å². The normalized spacial score (nSPS) is 12.2. The van der Waals surface area contributed by atoms with Crippen LogP contribution in [0.4, 0.5) is 18.9 Å². The summed E-state index contributed by atoms with van der Waals surface area (Å²) in [5.74, 6) is -0.764. The van der Waals surface area contributed by atoms with E-state index in [4.69, 9.17) is 4.42 Å². The molecule has 0 spiro atoms. The van der Waals surface area contributed by atoms with Crippen molar-refractivity contribution in [3.05, 3.63) is 64.6 Å². The molecule has 4 aromatic rings. The molecule has 3 amide bonds. The third kappa shape index (κ3) is 7.80. The van der Waals surface area contributed by atoms with Crippen molar-refractivity contribution in [1.29, 1.82) is 0 Å². The van der Waals surface area contributed by atoms with Crippen LogP contribution >= 0.6 is 11.3 Å². The molecule has 0 fully saturated rings. The minimum absolute atomic E-state index is 0.0616. The Bertz CT molecular complexity index is 1650. The second-order valence-electron chi connectivity index (χ2n) is 10.5. The van der Waals surface area contributed by atoms with Gasteiger partial charge in [-0.05, 0) is 37.5 Å². The second-order valence-corrected chi connectivity index (χ2v) is 11.4. The van der Waals surface area contributed by atoms with Crippen LogP contribution in [-0.4, -0.2) is 64.8 Å². The number of nitrogens with zero attached hydrogens (tertiary/aromatic N) is 4. The molecular weight excluding hydrogens is 609 g/mol. The Morgan fingerprint density at radius 1 is 1.18 bits per heavy atom. The third-order valence-corrected chi connectivity index (χ3v) is 8.09. The van der Waals surface area contributed by atoms with Crippen LogP contribution in [-0.2, 0) is 28.7 Å². The van der Waals surface area contributed by atoms with E-state index in [9.17, 15) is 27.6 Å². The molecule has 0 aliphatic heterocycles. The van der Waals surface area contributed by atoms with E-state index < -0.39 is 23.9 Å². The molecule has 0 radical (unpaired) electrons. The molecule has 0 bridgehead atoms. The van der Waals surface area contributed by atoms with Crippen molar-refractivity contribution in [2.24, 2.45) is 0 Å². The Balaban J connectivity index is 1.77. The van der Waals surface area contributed by atoms with Gasteiger partial charge in [0.1, 0.15) is 23.3 Å². The van der Waals surface area contributed by atoms with Crippen LogP contribution in [0.1, 0.15) is 60.6 Å². The zero-order valence-corrected chi connectivity index (χ0v) is 26.2. The number of aromatic nitrogens is 2. The quantitative estimate of drug-likeness (QED) is 0.129. The number of halogens is 3. The lowest BCUT2D eigenvalue weighted by Gasteiger charge is -2.32. The maximum absolute atomic E-state index is 14.4. The number of carbonyl (C=O) groups is 3. The Kier molecular flexibility index (Phi) is 10.8. The van der Waals surface area contributed by atoms with E-state index in [0.29, 0.717) is 52.7 Å². The second kappa shape index (κ2) is 14.5. The summed E-state index contributed by atoms with van der Waals surface area (Å²) in [5, 5.41) is 7.71. The first-order valence-corrected chi connectivity index (χ1v) is 15.3. The SMILES string of the molecule is CCCCc1c(C(=O)N(CC(=O)N(C)C)C(CC)Nc2cccnc2CNC=O)oc2cc(-c3nc(C(F)(F)F)cs3)ccc12. The van der Waals surface area contributed by atoms with Crippen LogP contribution < -0.4 is 10.6 Å². The van der Waals surface area contributed by atoms with E-state index in [-0.39, 0.29) is 29.8 Å². The highest BCUT2D eigenvalue weighted by molar-refractivity contribution is 7.13. The molecule has 45 heavy (non-hydrogen) atoms. The van der Waals surface area contributed by atoms with Gasteiger partial charge in [-0.2, -0.15) is 13.2 Å². The average molecular weight is 645 g/mol. The summed E-state index contributed by atoms with van der Waals surface area (Å²) in [6, 6.07) is 8.48. The lowest BCUT2D eigenvalue weighted by molar-refractivity contribution is -0.140. The summed E-state index contributed by atoms with van der Waals surface area (Å²) in [6.45, 7) is 3.79. The number of aryl methyl sites for hydroxylation is 1. The number of nitrogens with one attached hydrogen (secondary N) is 2. The van der Waals surface area contributed by atoms with Gasteiger partial charge in [0.25, 0.3) is 5.91 Å². The number of anilines is 1. The molecule has 0 saturated heterocycles. The highest BCUT2D eigenvalue weighted by atomic mass is 32.1. The zero-order valence-electron chi connectivity index (χ0n) is 25.4. The number of likely N-dealkylation sites (N-methyl/N-ethyl adjacent to an activating group) is 1. The fourth-order valence-electron chi connectivity index (χ4n) is 4.76. The fraction of sp³-hybridized carbons (Fsp3) is 0.387. The first-order chi connectivity index (χ1) is 21.5. The largest absolute Gasteiger partial charge is 0.451 e. The zero-order chi connectivity index (χ0) is 32.7. The maximum atomic E-state index is 14.4. The number of amides is 3. The number of fused-ring (bicyclic) bond motifs is 1. The summed E-state index contributed by atoms with van der Waals surface area (Å²) in [7, 11) is 3.20. The van der Waals surface area contributed by atoms with Gasteiger partial charge in [-0.15, -0.1) is 11.3 Å². The van der Waals surface area contributed by atoms with Crippen LogP contribution in [0.2, 0.25) is 0 Å². The van der Waals surface area contributed by atoms with Crippen LogP contribution in [0.25, 0.3) is 21.5 Å². The molecule has 0 saturated carbocycles. The molecule has 3 aromatic heterocycles. The van der Waals surface area contributed by atoms with Gasteiger partial charge >= 0.3 is 6.18 Å². The van der Waals surface area contributed by atoms with E-state index in [1.165, 1.54) is 9.80 Å². The summed E-state index contributed by atoms with van der Waals surface area (Å²) < 4.78 is 45.8. The highest BCUT2D eigenvalue weighted by Crippen LogP contribution is 2.36. The van der Waals surface area contributed by atoms with E-state index in [2.05, 4.69) is 20.6 Å². The predicted octanol–water partition coefficient (Wildman–Crippen LogP) is 5.94. The van der Waals surface area contributed by atoms with Crippen molar-refractivity contribution in [3.63, 3.8) is 0 Å². The van der Waals surface area contributed by atoms with Crippen molar-refractivity contribution in [3.8, 4) is 10.6 Å². The number of hydrogen-bond acceptors (Lipinski definition) is 8. The lowest BCUT2D eigenvalue weighted by atomic mass is 10.0. The average Bonchev–Trinajstić information content (AvgIpc) is 3.66. The van der Waals surface area contributed by atoms with Crippen LogP contribution in [0.15, 0.2) is 46.3 Å². The van der Waals surface area contributed by atoms with Gasteiger partial charge in [0, 0.05) is 42.2 Å². The molecule has 1 unspecified atom stereocenters. The van der Waals surface area contributed by atoms with Gasteiger partial charge in [-0.1, -0.05) is 32.4 Å². The number of rotatable bonds is 14. The van der Waals surface area contributed by atoms with Gasteiger partial charge in [0.2, 0.25) is 12.3 Å². The van der Waals surface area contributed by atoms with Crippen LogP contribution in [0.5, 0.6) is 0 Å². The van der Waals surface area contributed by atoms with Gasteiger partial charge < -0.3 is 24.9 Å². The van der Waals surface area contributed by atoms with E-state index in [1.54, 1.807) is 50.6 Å².